The first-order chi connectivity index (χ1) is 13.9. The summed E-state index contributed by atoms with van der Waals surface area (Å²) >= 11 is 0.460. The summed E-state index contributed by atoms with van der Waals surface area (Å²) in [6.07, 6.45) is 1.43. The molecule has 0 unspecified atom stereocenters. The second-order valence-corrected chi connectivity index (χ2v) is 7.15. The highest BCUT2D eigenvalue weighted by atomic mass is 32.3. The smallest absolute Gasteiger partial charge is 0.399 e. The fraction of sp³-hybridized carbons (Fsp3) is 0.235. The van der Waals surface area contributed by atoms with Crippen molar-refractivity contribution in [2.75, 3.05) is 6.54 Å². The molecule has 2 aromatic carbocycles. The van der Waals surface area contributed by atoms with Gasteiger partial charge in [-0.2, -0.15) is 8.42 Å². The van der Waals surface area contributed by atoms with Gasteiger partial charge in [0.05, 0.1) is 0 Å². The zero-order chi connectivity index (χ0) is 21.1. The minimum Gasteiger partial charge on any atom is -0.399 e. The molecule has 2 rings (SSSR count). The van der Waals surface area contributed by atoms with Gasteiger partial charge >= 0.3 is 10.4 Å². The molecule has 0 fully saturated rings. The zero-order valence-electron chi connectivity index (χ0n) is 15.0. The fourth-order valence-electron chi connectivity index (χ4n) is 2.30. The molecule has 0 spiro atoms. The standard InChI is InChI=1S/C17H19NO9S2/c19-17(10-5-13-1-6-15(7-2-13)24-28-27-26-20)18-12-11-14-3-8-16(9-4-14)25-29(21,22)23/h1-4,6-9,20H,5,10-12H2,(H,18,19)(H,21,22,23). The number of amides is 1. The van der Waals surface area contributed by atoms with Crippen LogP contribution in [0.25, 0.3) is 0 Å². The minimum atomic E-state index is -4.54. The van der Waals surface area contributed by atoms with Gasteiger partial charge in [-0.05, 0) is 48.2 Å². The highest BCUT2D eigenvalue weighted by molar-refractivity contribution is 7.90. The summed E-state index contributed by atoms with van der Waals surface area (Å²) < 4.78 is 43.3. The third kappa shape index (κ3) is 9.60. The maximum Gasteiger partial charge on any atom is 0.446 e. The van der Waals surface area contributed by atoms with E-state index >= 15 is 0 Å². The largest absolute Gasteiger partial charge is 0.446 e. The summed E-state index contributed by atoms with van der Waals surface area (Å²) in [5, 5.41) is 14.2. The van der Waals surface area contributed by atoms with E-state index in [-0.39, 0.29) is 11.7 Å². The molecule has 12 heteroatoms. The molecular weight excluding hydrogens is 426 g/mol. The Morgan fingerprint density at radius 1 is 0.966 bits per heavy atom. The van der Waals surface area contributed by atoms with Crippen molar-refractivity contribution in [1.82, 2.24) is 5.32 Å². The Morgan fingerprint density at radius 3 is 2.14 bits per heavy atom. The summed E-state index contributed by atoms with van der Waals surface area (Å²) in [7, 11) is -4.54. The van der Waals surface area contributed by atoms with Gasteiger partial charge < -0.3 is 13.7 Å². The van der Waals surface area contributed by atoms with E-state index in [2.05, 4.69) is 18.9 Å². The Hall–Kier alpha value is -2.35. The van der Waals surface area contributed by atoms with Gasteiger partial charge in [-0.1, -0.05) is 33.6 Å². The normalized spacial score (nSPS) is 11.1. The Kier molecular flexibility index (Phi) is 9.18. The van der Waals surface area contributed by atoms with E-state index in [1.807, 2.05) is 0 Å². The van der Waals surface area contributed by atoms with Crippen LogP contribution in [0.2, 0.25) is 0 Å². The molecule has 3 N–H and O–H groups in total. The fourth-order valence-corrected chi connectivity index (χ4v) is 2.90. The van der Waals surface area contributed by atoms with Gasteiger partial charge in [0.2, 0.25) is 5.91 Å². The molecule has 10 nitrogen and oxygen atoms in total. The Balaban J connectivity index is 1.67. The average molecular weight is 445 g/mol. The molecule has 0 aromatic heterocycles. The topological polar surface area (TPSA) is 141 Å². The lowest BCUT2D eigenvalue weighted by Crippen LogP contribution is -2.25. The van der Waals surface area contributed by atoms with E-state index in [0.717, 1.165) is 11.1 Å². The van der Waals surface area contributed by atoms with Crippen LogP contribution in [-0.2, 0) is 37.4 Å². The summed E-state index contributed by atoms with van der Waals surface area (Å²) in [4.78, 5) is 12.0. The highest BCUT2D eigenvalue weighted by Gasteiger charge is 2.07. The van der Waals surface area contributed by atoms with Crippen LogP contribution < -0.4 is 13.7 Å². The average Bonchev–Trinajstić information content (AvgIpc) is 2.68. The number of hydrogen-bond acceptors (Lipinski definition) is 9. The van der Waals surface area contributed by atoms with Crippen LogP contribution in [0.1, 0.15) is 17.5 Å². The van der Waals surface area contributed by atoms with Crippen LogP contribution in [0.4, 0.5) is 0 Å². The lowest BCUT2D eigenvalue weighted by Gasteiger charge is -2.07. The third-order valence-corrected chi connectivity index (χ3v) is 4.39. The Bertz CT molecular complexity index is 871. The predicted octanol–water partition coefficient (Wildman–Crippen LogP) is 2.52. The summed E-state index contributed by atoms with van der Waals surface area (Å²) in [5.41, 5.74) is 1.82. The first-order valence-corrected chi connectivity index (χ1v) is 10.3. The van der Waals surface area contributed by atoms with Crippen molar-refractivity contribution in [3.63, 3.8) is 0 Å². The number of hydrogen-bond donors (Lipinski definition) is 3. The molecule has 1 amide bonds. The van der Waals surface area contributed by atoms with Crippen LogP contribution in [-0.4, -0.2) is 30.7 Å². The second-order valence-electron chi connectivity index (χ2n) is 5.69. The molecule has 0 radical (unpaired) electrons. The lowest BCUT2D eigenvalue weighted by atomic mass is 10.1. The lowest BCUT2D eigenvalue weighted by molar-refractivity contribution is -0.433. The monoisotopic (exact) mass is 445 g/mol. The summed E-state index contributed by atoms with van der Waals surface area (Å²) in [6, 6.07) is 13.1. The minimum absolute atomic E-state index is 0.00422. The maximum absolute atomic E-state index is 12.0. The number of carbonyl (C=O) groups excluding carboxylic acids is 1. The Morgan fingerprint density at radius 2 is 1.55 bits per heavy atom. The molecule has 29 heavy (non-hydrogen) atoms. The molecular formula is C17H19NO9S2. The second kappa shape index (κ2) is 11.6. The van der Waals surface area contributed by atoms with E-state index < -0.39 is 10.4 Å². The van der Waals surface area contributed by atoms with Crippen molar-refractivity contribution in [2.24, 2.45) is 0 Å². The maximum atomic E-state index is 12.0. The van der Waals surface area contributed by atoms with Crippen LogP contribution >= 0.6 is 12.3 Å². The van der Waals surface area contributed by atoms with Crippen molar-refractivity contribution >= 4 is 28.6 Å². The highest BCUT2D eigenvalue weighted by Crippen LogP contribution is 2.18. The molecule has 0 aliphatic rings. The number of aryl methyl sites for hydroxylation is 1. The van der Waals surface area contributed by atoms with Gasteiger partial charge in [0.15, 0.2) is 0 Å². The van der Waals surface area contributed by atoms with E-state index in [0.29, 0.717) is 43.9 Å². The molecule has 0 aliphatic carbocycles. The number of carbonyl (C=O) groups is 1. The molecule has 0 atom stereocenters. The first-order valence-electron chi connectivity index (χ1n) is 8.28. The molecule has 0 saturated carbocycles. The van der Waals surface area contributed by atoms with Gasteiger partial charge in [-0.15, -0.1) is 0 Å². The first kappa shape index (κ1) is 22.9. The van der Waals surface area contributed by atoms with Crippen LogP contribution in [0, 0.1) is 0 Å². The van der Waals surface area contributed by atoms with Crippen molar-refractivity contribution in [2.45, 2.75) is 19.3 Å². The molecule has 0 aliphatic heterocycles. The van der Waals surface area contributed by atoms with Crippen molar-refractivity contribution in [3.8, 4) is 11.5 Å². The molecule has 158 valence electrons. The van der Waals surface area contributed by atoms with Crippen LogP contribution in [0.3, 0.4) is 0 Å². The van der Waals surface area contributed by atoms with Gasteiger partial charge in [0.1, 0.15) is 11.5 Å². The van der Waals surface area contributed by atoms with Crippen LogP contribution in [0.15, 0.2) is 48.5 Å². The molecule has 0 heterocycles. The predicted molar refractivity (Wildman–Crippen MR) is 103 cm³/mol. The van der Waals surface area contributed by atoms with Gasteiger partial charge in [0.25, 0.3) is 12.3 Å². The van der Waals surface area contributed by atoms with Crippen molar-refractivity contribution < 1.29 is 40.8 Å². The quantitative estimate of drug-likeness (QED) is 0.147. The molecule has 0 saturated heterocycles. The molecule has 2 aromatic rings. The summed E-state index contributed by atoms with van der Waals surface area (Å²) in [6.45, 7) is 0.425. The summed E-state index contributed by atoms with van der Waals surface area (Å²) in [5.74, 6) is 0.401. The van der Waals surface area contributed by atoms with E-state index in [1.165, 1.54) is 12.1 Å². The van der Waals surface area contributed by atoms with Crippen molar-refractivity contribution in [3.05, 3.63) is 59.7 Å². The Labute approximate surface area is 172 Å². The zero-order valence-corrected chi connectivity index (χ0v) is 16.6. The number of rotatable bonds is 12. The van der Waals surface area contributed by atoms with Gasteiger partial charge in [-0.25, -0.2) is 5.26 Å². The van der Waals surface area contributed by atoms with Crippen molar-refractivity contribution in [1.29, 1.82) is 0 Å². The third-order valence-electron chi connectivity index (χ3n) is 3.61. The van der Waals surface area contributed by atoms with E-state index in [1.54, 1.807) is 36.4 Å². The van der Waals surface area contributed by atoms with E-state index in [9.17, 15) is 13.2 Å². The number of nitrogens with one attached hydrogen (secondary N) is 1. The van der Waals surface area contributed by atoms with Gasteiger partial charge in [-0.3, -0.25) is 9.35 Å². The van der Waals surface area contributed by atoms with E-state index in [4.69, 9.17) is 14.0 Å². The number of benzene rings is 2. The van der Waals surface area contributed by atoms with Gasteiger partial charge in [0, 0.05) is 13.0 Å². The van der Waals surface area contributed by atoms with Crippen LogP contribution in [0.5, 0.6) is 11.5 Å². The molecule has 0 bridgehead atoms. The SMILES string of the molecule is O=C(CCc1ccc(OSOOO)cc1)NCCc1ccc(OS(=O)(=O)O)cc1.